The Bertz CT molecular complexity index is 501. The molecule has 0 saturated carbocycles. The van der Waals surface area contributed by atoms with E-state index in [-0.39, 0.29) is 0 Å². The van der Waals surface area contributed by atoms with E-state index >= 15 is 0 Å². The zero-order valence-electron chi connectivity index (χ0n) is 11.4. The van der Waals surface area contributed by atoms with Crippen LogP contribution in [0.3, 0.4) is 0 Å². The first-order chi connectivity index (χ1) is 8.65. The second-order valence-corrected chi connectivity index (χ2v) is 4.92. The van der Waals surface area contributed by atoms with Gasteiger partial charge in [-0.25, -0.2) is 0 Å². The first kappa shape index (κ1) is 12.9. The lowest BCUT2D eigenvalue weighted by molar-refractivity contribution is 0.439. The molecule has 0 amide bonds. The molecule has 0 fully saturated rings. The van der Waals surface area contributed by atoms with Crippen LogP contribution in [-0.4, -0.2) is 6.04 Å². The fourth-order valence-electron chi connectivity index (χ4n) is 2.10. The Balaban J connectivity index is 1.85. The predicted octanol–water partition coefficient (Wildman–Crippen LogP) is 3.62. The van der Waals surface area contributed by atoms with E-state index in [1.165, 1.54) is 11.1 Å². The molecule has 1 atom stereocenters. The highest BCUT2D eigenvalue weighted by molar-refractivity contribution is 5.26. The number of furan rings is 1. The van der Waals surface area contributed by atoms with E-state index in [1.54, 1.807) is 0 Å². The number of aryl methyl sites for hydroxylation is 2. The van der Waals surface area contributed by atoms with Gasteiger partial charge >= 0.3 is 0 Å². The number of rotatable bonds is 5. The van der Waals surface area contributed by atoms with Crippen LogP contribution < -0.4 is 5.32 Å². The Kier molecular flexibility index (Phi) is 4.21. The average Bonchev–Trinajstić information content (AvgIpc) is 2.76. The number of nitrogens with one attached hydrogen (secondary N) is 1. The van der Waals surface area contributed by atoms with E-state index < -0.39 is 0 Å². The maximum absolute atomic E-state index is 5.55. The van der Waals surface area contributed by atoms with Crippen LogP contribution in [0, 0.1) is 13.8 Å². The molecule has 1 heterocycles. The summed E-state index contributed by atoms with van der Waals surface area (Å²) in [4.78, 5) is 0. The summed E-state index contributed by atoms with van der Waals surface area (Å²) in [7, 11) is 0. The van der Waals surface area contributed by atoms with Gasteiger partial charge < -0.3 is 9.73 Å². The van der Waals surface area contributed by atoms with Gasteiger partial charge in [0.25, 0.3) is 0 Å². The van der Waals surface area contributed by atoms with E-state index in [4.69, 9.17) is 4.42 Å². The molecule has 1 aromatic carbocycles. The lowest BCUT2D eigenvalue weighted by Gasteiger charge is -2.14. The van der Waals surface area contributed by atoms with Crippen LogP contribution in [0.4, 0.5) is 0 Å². The highest BCUT2D eigenvalue weighted by atomic mass is 16.3. The van der Waals surface area contributed by atoms with Crippen molar-refractivity contribution in [3.05, 3.63) is 59.0 Å². The molecule has 96 valence electrons. The normalized spacial score (nSPS) is 12.6. The second kappa shape index (κ2) is 5.87. The summed E-state index contributed by atoms with van der Waals surface area (Å²) < 4.78 is 5.55. The Morgan fingerprint density at radius 2 is 1.89 bits per heavy atom. The third-order valence-corrected chi connectivity index (χ3v) is 3.21. The molecule has 0 aliphatic rings. The lowest BCUT2D eigenvalue weighted by atomic mass is 10.0. The van der Waals surface area contributed by atoms with Crippen molar-refractivity contribution in [3.63, 3.8) is 0 Å². The highest BCUT2D eigenvalue weighted by Gasteiger charge is 2.06. The van der Waals surface area contributed by atoms with Crippen molar-refractivity contribution >= 4 is 0 Å². The monoisotopic (exact) mass is 243 g/mol. The highest BCUT2D eigenvalue weighted by Crippen LogP contribution is 2.11. The summed E-state index contributed by atoms with van der Waals surface area (Å²) in [5, 5.41) is 3.49. The van der Waals surface area contributed by atoms with Crippen molar-refractivity contribution in [2.24, 2.45) is 0 Å². The van der Waals surface area contributed by atoms with Crippen molar-refractivity contribution in [2.75, 3.05) is 0 Å². The van der Waals surface area contributed by atoms with Crippen LogP contribution >= 0.6 is 0 Å². The molecule has 0 aliphatic carbocycles. The molecule has 1 aromatic heterocycles. The molecule has 2 nitrogen and oxygen atoms in total. The smallest absolute Gasteiger partial charge is 0.117 e. The minimum atomic E-state index is 0.441. The molecule has 2 aromatic rings. The number of hydrogen-bond donors (Lipinski definition) is 1. The van der Waals surface area contributed by atoms with Gasteiger partial charge in [-0.1, -0.05) is 24.3 Å². The van der Waals surface area contributed by atoms with E-state index in [1.807, 2.05) is 19.1 Å². The summed E-state index contributed by atoms with van der Waals surface area (Å²) in [5.41, 5.74) is 2.77. The van der Waals surface area contributed by atoms with Crippen LogP contribution in [-0.2, 0) is 13.0 Å². The zero-order valence-corrected chi connectivity index (χ0v) is 11.4. The van der Waals surface area contributed by atoms with Gasteiger partial charge in [0, 0.05) is 6.04 Å². The van der Waals surface area contributed by atoms with Crippen molar-refractivity contribution in [3.8, 4) is 0 Å². The Hall–Kier alpha value is -1.54. The van der Waals surface area contributed by atoms with Gasteiger partial charge in [-0.2, -0.15) is 0 Å². The molecule has 2 rings (SSSR count). The number of benzene rings is 1. The molecular formula is C16H21NO. The Morgan fingerprint density at radius 3 is 2.56 bits per heavy atom. The van der Waals surface area contributed by atoms with Crippen LogP contribution in [0.5, 0.6) is 0 Å². The standard InChI is InChI=1S/C16H21NO/c1-12-6-4-5-7-15(12)10-13(2)17-11-16-9-8-14(3)18-16/h4-9,13,17H,10-11H2,1-3H3. The Morgan fingerprint density at radius 1 is 1.11 bits per heavy atom. The second-order valence-electron chi connectivity index (χ2n) is 4.92. The molecular weight excluding hydrogens is 222 g/mol. The van der Waals surface area contributed by atoms with Crippen LogP contribution in [0.15, 0.2) is 40.8 Å². The van der Waals surface area contributed by atoms with Crippen molar-refractivity contribution in [1.82, 2.24) is 5.32 Å². The minimum absolute atomic E-state index is 0.441. The maximum Gasteiger partial charge on any atom is 0.117 e. The molecule has 0 saturated heterocycles. The summed E-state index contributed by atoms with van der Waals surface area (Å²) >= 11 is 0. The molecule has 0 bridgehead atoms. The molecule has 0 aliphatic heterocycles. The summed E-state index contributed by atoms with van der Waals surface area (Å²) in [5.74, 6) is 1.97. The third-order valence-electron chi connectivity index (χ3n) is 3.21. The molecule has 0 spiro atoms. The van der Waals surface area contributed by atoms with Crippen LogP contribution in [0.2, 0.25) is 0 Å². The van der Waals surface area contributed by atoms with Gasteiger partial charge in [0.1, 0.15) is 11.5 Å². The van der Waals surface area contributed by atoms with E-state index in [0.717, 1.165) is 24.5 Å². The van der Waals surface area contributed by atoms with Gasteiger partial charge in [0.15, 0.2) is 0 Å². The van der Waals surface area contributed by atoms with E-state index in [2.05, 4.69) is 43.4 Å². The quantitative estimate of drug-likeness (QED) is 0.867. The summed E-state index contributed by atoms with van der Waals surface area (Å²) in [6.07, 6.45) is 1.05. The van der Waals surface area contributed by atoms with Crippen molar-refractivity contribution < 1.29 is 4.42 Å². The molecule has 2 heteroatoms. The topological polar surface area (TPSA) is 25.2 Å². The molecule has 0 radical (unpaired) electrons. The third kappa shape index (κ3) is 3.47. The summed E-state index contributed by atoms with van der Waals surface area (Å²) in [6, 6.07) is 13.0. The van der Waals surface area contributed by atoms with Gasteiger partial charge in [0.2, 0.25) is 0 Å². The Labute approximate surface area is 109 Å². The first-order valence-corrected chi connectivity index (χ1v) is 6.48. The van der Waals surface area contributed by atoms with Gasteiger partial charge in [-0.3, -0.25) is 0 Å². The summed E-state index contributed by atoms with van der Waals surface area (Å²) in [6.45, 7) is 7.14. The fourth-order valence-corrected chi connectivity index (χ4v) is 2.10. The van der Waals surface area contributed by atoms with E-state index in [9.17, 15) is 0 Å². The van der Waals surface area contributed by atoms with Crippen LogP contribution in [0.25, 0.3) is 0 Å². The largest absolute Gasteiger partial charge is 0.465 e. The van der Waals surface area contributed by atoms with Crippen molar-refractivity contribution in [2.45, 2.75) is 39.8 Å². The number of hydrogen-bond acceptors (Lipinski definition) is 2. The van der Waals surface area contributed by atoms with Gasteiger partial charge in [0.05, 0.1) is 6.54 Å². The first-order valence-electron chi connectivity index (χ1n) is 6.48. The maximum atomic E-state index is 5.55. The van der Waals surface area contributed by atoms with Crippen molar-refractivity contribution in [1.29, 1.82) is 0 Å². The van der Waals surface area contributed by atoms with Crippen LogP contribution in [0.1, 0.15) is 29.6 Å². The lowest BCUT2D eigenvalue weighted by Crippen LogP contribution is -2.27. The molecule has 18 heavy (non-hydrogen) atoms. The minimum Gasteiger partial charge on any atom is -0.465 e. The van der Waals surface area contributed by atoms with Gasteiger partial charge in [-0.15, -0.1) is 0 Å². The average molecular weight is 243 g/mol. The molecule has 1 N–H and O–H groups in total. The molecule has 1 unspecified atom stereocenters. The fraction of sp³-hybridized carbons (Fsp3) is 0.375. The van der Waals surface area contributed by atoms with Gasteiger partial charge in [-0.05, 0) is 50.5 Å². The predicted molar refractivity (Wildman–Crippen MR) is 74.6 cm³/mol. The van der Waals surface area contributed by atoms with E-state index in [0.29, 0.717) is 6.04 Å². The zero-order chi connectivity index (χ0) is 13.0. The SMILES string of the molecule is Cc1ccc(CNC(C)Cc2ccccc2C)o1.